The van der Waals surface area contributed by atoms with Crippen LogP contribution in [-0.4, -0.2) is 25.5 Å². The predicted octanol–water partition coefficient (Wildman–Crippen LogP) is 4.41. The lowest BCUT2D eigenvalue weighted by atomic mass is 10.2. The third-order valence-corrected chi connectivity index (χ3v) is 4.27. The number of carbonyl (C=O) groups is 2. The summed E-state index contributed by atoms with van der Waals surface area (Å²) in [5.74, 6) is -0.0134. The van der Waals surface area contributed by atoms with Gasteiger partial charge in [-0.05, 0) is 61.0 Å². The molecule has 0 radical (unpaired) electrons. The zero-order chi connectivity index (χ0) is 21.5. The minimum Gasteiger partial charge on any atom is -0.497 e. The van der Waals surface area contributed by atoms with Crippen molar-refractivity contribution in [2.24, 2.45) is 0 Å². The van der Waals surface area contributed by atoms with E-state index >= 15 is 0 Å². The van der Waals surface area contributed by atoms with E-state index in [0.29, 0.717) is 34.0 Å². The van der Waals surface area contributed by atoms with Crippen molar-refractivity contribution < 1.29 is 23.5 Å². The van der Waals surface area contributed by atoms with Crippen molar-refractivity contribution in [2.75, 3.05) is 24.4 Å². The Morgan fingerprint density at radius 2 is 1.63 bits per heavy atom. The molecule has 0 saturated carbocycles. The molecule has 7 heteroatoms. The summed E-state index contributed by atoms with van der Waals surface area (Å²) in [6, 6.07) is 17.8. The number of methoxy groups -OCH3 is 1. The quantitative estimate of drug-likeness (QED) is 0.607. The summed E-state index contributed by atoms with van der Waals surface area (Å²) in [5, 5.41) is 5.35. The average Bonchev–Trinajstić information content (AvgIpc) is 2.75. The van der Waals surface area contributed by atoms with Crippen LogP contribution >= 0.6 is 0 Å². The Morgan fingerprint density at radius 3 is 2.33 bits per heavy atom. The van der Waals surface area contributed by atoms with Crippen LogP contribution in [0.15, 0.2) is 66.7 Å². The summed E-state index contributed by atoms with van der Waals surface area (Å²) >= 11 is 0. The highest BCUT2D eigenvalue weighted by Crippen LogP contribution is 2.18. The summed E-state index contributed by atoms with van der Waals surface area (Å²) in [7, 11) is 1.55. The summed E-state index contributed by atoms with van der Waals surface area (Å²) in [4.78, 5) is 24.3. The van der Waals surface area contributed by atoms with Crippen LogP contribution < -0.4 is 20.1 Å². The van der Waals surface area contributed by atoms with E-state index < -0.39 is 0 Å². The Labute approximate surface area is 173 Å². The molecule has 0 fully saturated rings. The molecule has 0 aliphatic heterocycles. The number of aryl methyl sites for hydroxylation is 1. The van der Waals surface area contributed by atoms with Gasteiger partial charge in [0.25, 0.3) is 11.8 Å². The van der Waals surface area contributed by atoms with Crippen LogP contribution in [0.25, 0.3) is 0 Å². The molecular formula is C23H21FN2O4. The van der Waals surface area contributed by atoms with E-state index in [-0.39, 0.29) is 24.2 Å². The molecule has 0 atom stereocenters. The number of amides is 2. The topological polar surface area (TPSA) is 76.7 Å². The molecular weight excluding hydrogens is 387 g/mol. The third kappa shape index (κ3) is 5.57. The Bertz CT molecular complexity index is 1050. The first-order valence-corrected chi connectivity index (χ1v) is 9.19. The van der Waals surface area contributed by atoms with E-state index in [1.54, 1.807) is 74.7 Å². The molecule has 0 spiro atoms. The molecule has 0 unspecified atom stereocenters. The van der Waals surface area contributed by atoms with Crippen LogP contribution in [0.2, 0.25) is 0 Å². The van der Waals surface area contributed by atoms with Crippen molar-refractivity contribution in [3.63, 3.8) is 0 Å². The van der Waals surface area contributed by atoms with Gasteiger partial charge >= 0.3 is 0 Å². The number of hydrogen-bond acceptors (Lipinski definition) is 4. The maximum Gasteiger partial charge on any atom is 0.262 e. The first kappa shape index (κ1) is 20.9. The number of ether oxygens (including phenoxy) is 2. The fraction of sp³-hybridized carbons (Fsp3) is 0.130. The van der Waals surface area contributed by atoms with E-state index in [9.17, 15) is 14.0 Å². The first-order chi connectivity index (χ1) is 14.4. The maximum atomic E-state index is 13.6. The summed E-state index contributed by atoms with van der Waals surface area (Å²) in [6.07, 6.45) is 0. The molecule has 0 aliphatic carbocycles. The molecule has 0 saturated heterocycles. The Kier molecular flexibility index (Phi) is 6.64. The van der Waals surface area contributed by atoms with Crippen molar-refractivity contribution in [3.05, 3.63) is 83.7 Å². The minimum atomic E-state index is -0.385. The van der Waals surface area contributed by atoms with Gasteiger partial charge in [0.15, 0.2) is 6.61 Å². The van der Waals surface area contributed by atoms with Gasteiger partial charge in [-0.15, -0.1) is 0 Å². The number of hydrogen-bond donors (Lipinski definition) is 2. The van der Waals surface area contributed by atoms with Crippen molar-refractivity contribution in [1.29, 1.82) is 0 Å². The number of anilines is 2. The van der Waals surface area contributed by atoms with Crippen LogP contribution in [-0.2, 0) is 4.79 Å². The number of nitrogens with one attached hydrogen (secondary N) is 2. The van der Waals surface area contributed by atoms with Gasteiger partial charge in [0.05, 0.1) is 7.11 Å². The molecule has 0 aromatic heterocycles. The van der Waals surface area contributed by atoms with Crippen molar-refractivity contribution in [2.45, 2.75) is 6.92 Å². The zero-order valence-electron chi connectivity index (χ0n) is 16.6. The molecule has 2 amide bonds. The second kappa shape index (κ2) is 9.56. The molecule has 0 heterocycles. The average molecular weight is 408 g/mol. The second-order valence-electron chi connectivity index (χ2n) is 6.51. The first-order valence-electron chi connectivity index (χ1n) is 9.19. The maximum absolute atomic E-state index is 13.6. The van der Waals surface area contributed by atoms with E-state index in [2.05, 4.69) is 10.6 Å². The molecule has 3 aromatic carbocycles. The normalized spacial score (nSPS) is 10.2. The van der Waals surface area contributed by atoms with Crippen LogP contribution in [0.5, 0.6) is 11.5 Å². The molecule has 6 nitrogen and oxygen atoms in total. The lowest BCUT2D eigenvalue weighted by Crippen LogP contribution is -2.20. The summed E-state index contributed by atoms with van der Waals surface area (Å²) in [6.45, 7) is 1.46. The predicted molar refractivity (Wildman–Crippen MR) is 113 cm³/mol. The standard InChI is InChI=1S/C23H21FN2O4/c1-15-6-9-18(13-21(15)24)26-23(28)16-7-10-19(11-8-16)30-14-22(27)25-17-4-3-5-20(12-17)29-2/h3-13H,14H2,1-2H3,(H,25,27)(H,26,28). The third-order valence-electron chi connectivity index (χ3n) is 4.27. The van der Waals surface area contributed by atoms with E-state index in [1.807, 2.05) is 0 Å². The van der Waals surface area contributed by atoms with Gasteiger partial charge in [-0.3, -0.25) is 9.59 Å². The van der Waals surface area contributed by atoms with Gasteiger partial charge in [0.1, 0.15) is 17.3 Å². The minimum absolute atomic E-state index is 0.189. The number of carbonyl (C=O) groups excluding carboxylic acids is 2. The van der Waals surface area contributed by atoms with Crippen LogP contribution in [0.4, 0.5) is 15.8 Å². The monoisotopic (exact) mass is 408 g/mol. The van der Waals surface area contributed by atoms with Gasteiger partial charge < -0.3 is 20.1 Å². The van der Waals surface area contributed by atoms with Gasteiger partial charge in [0.2, 0.25) is 0 Å². The highest BCUT2D eigenvalue weighted by atomic mass is 19.1. The molecule has 154 valence electrons. The van der Waals surface area contributed by atoms with Gasteiger partial charge in [-0.2, -0.15) is 0 Å². The molecule has 2 N–H and O–H groups in total. The van der Waals surface area contributed by atoms with Gasteiger partial charge in [-0.1, -0.05) is 12.1 Å². The Hall–Kier alpha value is -3.87. The highest BCUT2D eigenvalue weighted by Gasteiger charge is 2.09. The van der Waals surface area contributed by atoms with E-state index in [4.69, 9.17) is 9.47 Å². The van der Waals surface area contributed by atoms with Gasteiger partial charge in [0, 0.05) is 23.0 Å². The van der Waals surface area contributed by atoms with E-state index in [1.165, 1.54) is 6.07 Å². The Balaban J connectivity index is 1.52. The largest absolute Gasteiger partial charge is 0.497 e. The second-order valence-corrected chi connectivity index (χ2v) is 6.51. The van der Waals surface area contributed by atoms with Crippen LogP contribution in [0.3, 0.4) is 0 Å². The van der Waals surface area contributed by atoms with E-state index in [0.717, 1.165) is 0 Å². The van der Waals surface area contributed by atoms with Gasteiger partial charge in [-0.25, -0.2) is 4.39 Å². The van der Waals surface area contributed by atoms with Crippen molar-refractivity contribution in [1.82, 2.24) is 0 Å². The molecule has 0 bridgehead atoms. The molecule has 30 heavy (non-hydrogen) atoms. The zero-order valence-corrected chi connectivity index (χ0v) is 16.6. The smallest absolute Gasteiger partial charge is 0.262 e. The number of rotatable bonds is 7. The fourth-order valence-electron chi connectivity index (χ4n) is 2.62. The fourth-order valence-corrected chi connectivity index (χ4v) is 2.62. The number of halogens is 1. The van der Waals surface area contributed by atoms with Crippen LogP contribution in [0.1, 0.15) is 15.9 Å². The number of benzene rings is 3. The molecule has 0 aliphatic rings. The Morgan fingerprint density at radius 1 is 0.900 bits per heavy atom. The van der Waals surface area contributed by atoms with Crippen molar-refractivity contribution >= 4 is 23.2 Å². The summed E-state index contributed by atoms with van der Waals surface area (Å²) < 4.78 is 24.2. The molecule has 3 aromatic rings. The highest BCUT2D eigenvalue weighted by molar-refractivity contribution is 6.04. The molecule has 3 rings (SSSR count). The lowest BCUT2D eigenvalue weighted by molar-refractivity contribution is -0.118. The van der Waals surface area contributed by atoms with Crippen LogP contribution in [0, 0.1) is 12.7 Å². The lowest BCUT2D eigenvalue weighted by Gasteiger charge is -2.10. The van der Waals surface area contributed by atoms with Crippen molar-refractivity contribution in [3.8, 4) is 11.5 Å². The SMILES string of the molecule is COc1cccc(NC(=O)COc2ccc(C(=O)Nc3ccc(C)c(F)c3)cc2)c1. The summed E-state index contributed by atoms with van der Waals surface area (Å²) in [5.41, 5.74) is 1.86.